The number of pyridine rings is 1. The molecule has 5 nitrogen and oxygen atoms in total. The van der Waals surface area contributed by atoms with Crippen LogP contribution in [0.4, 0.5) is 5.82 Å². The molecule has 0 amide bonds. The lowest BCUT2D eigenvalue weighted by molar-refractivity contribution is 0.831. The quantitative estimate of drug-likeness (QED) is 0.806. The van der Waals surface area contributed by atoms with Gasteiger partial charge in [0.05, 0.1) is 5.69 Å². The molecular weight excluding hydrogens is 276 g/mol. The maximum atomic E-state index is 12.0. The number of aromatic nitrogens is 3. The largest absolute Gasteiger partial charge is 0.273 e. The van der Waals surface area contributed by atoms with Crippen molar-refractivity contribution in [3.05, 3.63) is 76.2 Å². The van der Waals surface area contributed by atoms with Crippen molar-refractivity contribution in [3.8, 4) is 11.3 Å². The minimum atomic E-state index is -0.119. The van der Waals surface area contributed by atoms with Gasteiger partial charge in [-0.1, -0.05) is 30.3 Å². The zero-order valence-electron chi connectivity index (χ0n) is 12.4. The van der Waals surface area contributed by atoms with Crippen molar-refractivity contribution in [2.45, 2.75) is 13.8 Å². The normalized spacial score (nSPS) is 10.5. The van der Waals surface area contributed by atoms with E-state index in [1.54, 1.807) is 12.1 Å². The van der Waals surface area contributed by atoms with E-state index in [1.165, 1.54) is 4.68 Å². The van der Waals surface area contributed by atoms with E-state index in [1.807, 2.05) is 56.3 Å². The van der Waals surface area contributed by atoms with Crippen molar-refractivity contribution in [1.29, 1.82) is 0 Å². The first-order chi connectivity index (χ1) is 10.6. The average Bonchev–Trinajstić information content (AvgIpc) is 2.52. The monoisotopic (exact) mass is 292 g/mol. The first kappa shape index (κ1) is 14.0. The highest BCUT2D eigenvalue weighted by molar-refractivity contribution is 5.59. The van der Waals surface area contributed by atoms with Gasteiger partial charge in [-0.25, -0.2) is 4.68 Å². The standard InChI is InChI=1S/C17H16N4O/c1-12-10-13(2)21(17(22)11-12)20-16-9-8-15(18-19-16)14-6-4-3-5-7-14/h3-11H,1-2H3,(H,19,20). The fraction of sp³-hybridized carbons (Fsp3) is 0.118. The van der Waals surface area contributed by atoms with Gasteiger partial charge in [0.1, 0.15) is 0 Å². The molecule has 0 fully saturated rings. The van der Waals surface area contributed by atoms with E-state index in [0.29, 0.717) is 5.82 Å². The lowest BCUT2D eigenvalue weighted by atomic mass is 10.1. The maximum Gasteiger partial charge on any atom is 0.269 e. The van der Waals surface area contributed by atoms with Crippen molar-refractivity contribution in [2.75, 3.05) is 5.43 Å². The van der Waals surface area contributed by atoms with Gasteiger partial charge in [-0.05, 0) is 37.6 Å². The van der Waals surface area contributed by atoms with Crippen LogP contribution in [0.3, 0.4) is 0 Å². The number of aryl methyl sites for hydroxylation is 2. The van der Waals surface area contributed by atoms with Crippen molar-refractivity contribution in [3.63, 3.8) is 0 Å². The van der Waals surface area contributed by atoms with Gasteiger partial charge in [-0.15, -0.1) is 10.2 Å². The molecule has 0 atom stereocenters. The Morgan fingerprint density at radius 1 is 0.955 bits per heavy atom. The van der Waals surface area contributed by atoms with Crippen LogP contribution in [-0.4, -0.2) is 14.9 Å². The molecule has 0 spiro atoms. The van der Waals surface area contributed by atoms with Crippen LogP contribution in [0.2, 0.25) is 0 Å². The zero-order valence-corrected chi connectivity index (χ0v) is 12.4. The Kier molecular flexibility index (Phi) is 3.70. The number of nitrogens with zero attached hydrogens (tertiary/aromatic N) is 3. The fourth-order valence-corrected chi connectivity index (χ4v) is 2.28. The van der Waals surface area contributed by atoms with Crippen LogP contribution in [0.1, 0.15) is 11.3 Å². The van der Waals surface area contributed by atoms with Crippen LogP contribution in [0.25, 0.3) is 11.3 Å². The summed E-state index contributed by atoms with van der Waals surface area (Å²) in [6.07, 6.45) is 0. The van der Waals surface area contributed by atoms with Crippen LogP contribution >= 0.6 is 0 Å². The number of nitrogens with one attached hydrogen (secondary N) is 1. The Bertz CT molecular complexity index is 839. The Morgan fingerprint density at radius 2 is 1.73 bits per heavy atom. The second-order valence-corrected chi connectivity index (χ2v) is 5.13. The van der Waals surface area contributed by atoms with Crippen LogP contribution in [0.15, 0.2) is 59.4 Å². The summed E-state index contributed by atoms with van der Waals surface area (Å²) in [5, 5.41) is 8.33. The lowest BCUT2D eigenvalue weighted by Crippen LogP contribution is -2.28. The molecular formula is C17H16N4O. The van der Waals surface area contributed by atoms with E-state index in [4.69, 9.17) is 0 Å². The predicted molar refractivity (Wildman–Crippen MR) is 86.7 cm³/mol. The minimum Gasteiger partial charge on any atom is -0.273 e. The molecule has 0 aliphatic heterocycles. The number of rotatable bonds is 3. The molecule has 0 aliphatic carbocycles. The number of hydrogen-bond donors (Lipinski definition) is 1. The number of benzene rings is 1. The fourth-order valence-electron chi connectivity index (χ4n) is 2.28. The zero-order chi connectivity index (χ0) is 15.5. The molecule has 0 saturated carbocycles. The van der Waals surface area contributed by atoms with Gasteiger partial charge in [0.15, 0.2) is 5.82 Å². The van der Waals surface area contributed by atoms with Gasteiger partial charge in [-0.3, -0.25) is 10.2 Å². The highest BCUT2D eigenvalue weighted by atomic mass is 16.1. The number of anilines is 1. The van der Waals surface area contributed by atoms with Crippen LogP contribution < -0.4 is 11.0 Å². The molecule has 0 bridgehead atoms. The Hall–Kier alpha value is -2.95. The van der Waals surface area contributed by atoms with E-state index in [9.17, 15) is 4.79 Å². The topological polar surface area (TPSA) is 59.8 Å². The molecule has 2 heterocycles. The molecule has 0 unspecified atom stereocenters. The molecule has 1 aromatic carbocycles. The van der Waals surface area contributed by atoms with Crippen LogP contribution in [0.5, 0.6) is 0 Å². The summed E-state index contributed by atoms with van der Waals surface area (Å²) in [7, 11) is 0. The van der Waals surface area contributed by atoms with Gasteiger partial charge < -0.3 is 0 Å². The summed E-state index contributed by atoms with van der Waals surface area (Å²) in [6.45, 7) is 3.76. The molecule has 0 saturated heterocycles. The van der Waals surface area contributed by atoms with Gasteiger partial charge in [0.25, 0.3) is 5.56 Å². The highest BCUT2D eigenvalue weighted by Crippen LogP contribution is 2.16. The smallest absolute Gasteiger partial charge is 0.269 e. The summed E-state index contributed by atoms with van der Waals surface area (Å²) in [6, 6.07) is 17.0. The first-order valence-electron chi connectivity index (χ1n) is 7.00. The van der Waals surface area contributed by atoms with Gasteiger partial charge in [0, 0.05) is 17.3 Å². The summed E-state index contributed by atoms with van der Waals surface area (Å²) in [4.78, 5) is 12.0. The molecule has 22 heavy (non-hydrogen) atoms. The second-order valence-electron chi connectivity index (χ2n) is 5.13. The Labute approximate surface area is 128 Å². The van der Waals surface area contributed by atoms with Gasteiger partial charge >= 0.3 is 0 Å². The molecule has 1 N–H and O–H groups in total. The van der Waals surface area contributed by atoms with Crippen LogP contribution in [0, 0.1) is 13.8 Å². The third kappa shape index (κ3) is 2.88. The van der Waals surface area contributed by atoms with E-state index in [2.05, 4.69) is 15.6 Å². The lowest BCUT2D eigenvalue weighted by Gasteiger charge is -2.12. The molecule has 0 aliphatic rings. The van der Waals surface area contributed by atoms with Crippen molar-refractivity contribution < 1.29 is 0 Å². The molecule has 2 aromatic heterocycles. The van der Waals surface area contributed by atoms with E-state index in [0.717, 1.165) is 22.5 Å². The number of hydrogen-bond acceptors (Lipinski definition) is 4. The molecule has 110 valence electrons. The molecule has 5 heteroatoms. The highest BCUT2D eigenvalue weighted by Gasteiger charge is 2.04. The minimum absolute atomic E-state index is 0.119. The maximum absolute atomic E-state index is 12.0. The van der Waals surface area contributed by atoms with E-state index < -0.39 is 0 Å². The third-order valence-corrected chi connectivity index (χ3v) is 3.32. The van der Waals surface area contributed by atoms with Crippen LogP contribution in [-0.2, 0) is 0 Å². The van der Waals surface area contributed by atoms with E-state index >= 15 is 0 Å². The van der Waals surface area contributed by atoms with Crippen molar-refractivity contribution in [2.24, 2.45) is 0 Å². The second kappa shape index (κ2) is 5.81. The van der Waals surface area contributed by atoms with Gasteiger partial charge in [-0.2, -0.15) is 0 Å². The molecule has 3 rings (SSSR count). The Morgan fingerprint density at radius 3 is 2.36 bits per heavy atom. The predicted octanol–water partition coefficient (Wildman–Crippen LogP) is 2.80. The first-order valence-corrected chi connectivity index (χ1v) is 7.00. The van der Waals surface area contributed by atoms with E-state index in [-0.39, 0.29) is 5.56 Å². The SMILES string of the molecule is Cc1cc(C)n(Nc2ccc(-c3ccccc3)nn2)c(=O)c1. The summed E-state index contributed by atoms with van der Waals surface area (Å²) >= 11 is 0. The summed E-state index contributed by atoms with van der Waals surface area (Å²) < 4.78 is 1.46. The average molecular weight is 292 g/mol. The molecule has 3 aromatic rings. The summed E-state index contributed by atoms with van der Waals surface area (Å²) in [5.74, 6) is 0.522. The van der Waals surface area contributed by atoms with Crippen molar-refractivity contribution in [1.82, 2.24) is 14.9 Å². The Balaban J connectivity index is 1.87. The molecule has 0 radical (unpaired) electrons. The van der Waals surface area contributed by atoms with Crippen molar-refractivity contribution >= 4 is 5.82 Å². The van der Waals surface area contributed by atoms with Gasteiger partial charge in [0.2, 0.25) is 0 Å². The summed E-state index contributed by atoms with van der Waals surface area (Å²) in [5.41, 5.74) is 6.41. The third-order valence-electron chi connectivity index (χ3n) is 3.32.